The molecule has 2 aromatic rings. The molecule has 34 heavy (non-hydrogen) atoms. The first kappa shape index (κ1) is 22.7. The second-order valence-corrected chi connectivity index (χ2v) is 9.95. The molecule has 3 aliphatic rings. The lowest BCUT2D eigenvalue weighted by atomic mass is 9.80. The molecule has 2 saturated heterocycles. The van der Waals surface area contributed by atoms with E-state index in [0.717, 1.165) is 49.4 Å². The molecule has 180 valence electrons. The lowest BCUT2D eigenvalue weighted by Gasteiger charge is -2.46. The van der Waals surface area contributed by atoms with Crippen molar-refractivity contribution < 1.29 is 14.3 Å². The fraction of sp³-hybridized carbons (Fsp3) is 0.481. The fourth-order valence-electron chi connectivity index (χ4n) is 5.44. The van der Waals surface area contributed by atoms with E-state index in [1.54, 1.807) is 4.90 Å². The highest BCUT2D eigenvalue weighted by atomic mass is 16.5. The fourth-order valence-corrected chi connectivity index (χ4v) is 5.44. The van der Waals surface area contributed by atoms with E-state index < -0.39 is 0 Å². The molecule has 2 N–H and O–H groups in total. The molecular weight excluding hydrogens is 428 g/mol. The van der Waals surface area contributed by atoms with Gasteiger partial charge in [0.15, 0.2) is 0 Å². The minimum Gasteiger partial charge on any atom is -0.487 e. The first-order chi connectivity index (χ1) is 16.5. The van der Waals surface area contributed by atoms with E-state index in [1.807, 2.05) is 48.5 Å². The maximum Gasteiger partial charge on any atom is 0.321 e. The topological polar surface area (TPSA) is 73.9 Å². The monoisotopic (exact) mass is 462 g/mol. The van der Waals surface area contributed by atoms with Crippen molar-refractivity contribution in [3.05, 3.63) is 60.2 Å². The van der Waals surface area contributed by atoms with Crippen LogP contribution >= 0.6 is 0 Å². The summed E-state index contributed by atoms with van der Waals surface area (Å²) in [7, 11) is 2.15. The number of carbonyl (C=O) groups excluding carboxylic acids is 2. The van der Waals surface area contributed by atoms with E-state index in [2.05, 4.69) is 28.6 Å². The number of hydrogen-bond acceptors (Lipinski definition) is 4. The van der Waals surface area contributed by atoms with Crippen LogP contribution in [-0.2, 0) is 4.79 Å². The highest BCUT2D eigenvalue weighted by molar-refractivity contribution is 5.89. The summed E-state index contributed by atoms with van der Waals surface area (Å²) in [4.78, 5) is 30.0. The Morgan fingerprint density at radius 2 is 1.62 bits per heavy atom. The number of piperidine rings is 2. The van der Waals surface area contributed by atoms with Gasteiger partial charge in [0.05, 0.1) is 6.04 Å². The van der Waals surface area contributed by atoms with Crippen molar-refractivity contribution in [3.8, 4) is 5.75 Å². The van der Waals surface area contributed by atoms with Gasteiger partial charge in [0, 0.05) is 49.8 Å². The average molecular weight is 463 g/mol. The highest BCUT2D eigenvalue weighted by Gasteiger charge is 2.43. The number of benzene rings is 2. The third-order valence-electron chi connectivity index (χ3n) is 7.59. The maximum atomic E-state index is 13.3. The zero-order valence-corrected chi connectivity index (χ0v) is 19.8. The van der Waals surface area contributed by atoms with Crippen LogP contribution in [-0.4, -0.2) is 60.6 Å². The molecule has 7 heteroatoms. The zero-order valence-electron chi connectivity index (χ0n) is 19.8. The Balaban J connectivity index is 1.20. The van der Waals surface area contributed by atoms with Crippen LogP contribution in [0.1, 0.15) is 43.7 Å². The maximum absolute atomic E-state index is 13.3. The highest BCUT2D eigenvalue weighted by Crippen LogP contribution is 2.44. The van der Waals surface area contributed by atoms with Gasteiger partial charge in [-0.2, -0.15) is 0 Å². The van der Waals surface area contributed by atoms with E-state index >= 15 is 0 Å². The third-order valence-corrected chi connectivity index (χ3v) is 7.59. The van der Waals surface area contributed by atoms with Gasteiger partial charge in [0.1, 0.15) is 11.4 Å². The van der Waals surface area contributed by atoms with Crippen molar-refractivity contribution in [2.75, 3.05) is 38.5 Å². The molecule has 2 fully saturated rings. The molecule has 2 aromatic carbocycles. The Bertz CT molecular complexity index is 1010. The van der Waals surface area contributed by atoms with Gasteiger partial charge >= 0.3 is 6.03 Å². The Kier molecular flexibility index (Phi) is 6.46. The third kappa shape index (κ3) is 4.89. The molecule has 3 aliphatic heterocycles. The van der Waals surface area contributed by atoms with E-state index in [1.165, 1.54) is 0 Å². The van der Waals surface area contributed by atoms with Crippen LogP contribution < -0.4 is 15.4 Å². The van der Waals surface area contributed by atoms with Crippen molar-refractivity contribution in [1.82, 2.24) is 15.1 Å². The predicted octanol–water partition coefficient (Wildman–Crippen LogP) is 4.03. The van der Waals surface area contributed by atoms with Crippen LogP contribution in [0.2, 0.25) is 0 Å². The number of urea groups is 1. The van der Waals surface area contributed by atoms with Gasteiger partial charge in [0.2, 0.25) is 5.91 Å². The molecule has 3 heterocycles. The molecule has 0 aromatic heterocycles. The largest absolute Gasteiger partial charge is 0.487 e. The molecule has 0 radical (unpaired) electrons. The van der Waals surface area contributed by atoms with Crippen molar-refractivity contribution in [3.63, 3.8) is 0 Å². The number of fused-ring (bicyclic) bond motifs is 1. The van der Waals surface area contributed by atoms with Gasteiger partial charge < -0.3 is 25.2 Å². The molecule has 1 atom stereocenters. The number of ether oxygens (including phenoxy) is 1. The Hall–Kier alpha value is -3.06. The molecule has 7 nitrogen and oxygen atoms in total. The molecule has 3 amide bonds. The number of carbonyl (C=O) groups is 2. The van der Waals surface area contributed by atoms with Crippen LogP contribution in [0.4, 0.5) is 10.5 Å². The van der Waals surface area contributed by atoms with E-state index in [4.69, 9.17) is 4.74 Å². The van der Waals surface area contributed by atoms with Crippen LogP contribution in [0.3, 0.4) is 0 Å². The Labute approximate surface area is 201 Å². The summed E-state index contributed by atoms with van der Waals surface area (Å²) in [6, 6.07) is 17.4. The van der Waals surface area contributed by atoms with Gasteiger partial charge in [-0.15, -0.1) is 0 Å². The minimum atomic E-state index is -0.211. The number of para-hydroxylation sites is 2. The van der Waals surface area contributed by atoms with Crippen molar-refractivity contribution >= 4 is 17.6 Å². The zero-order chi connectivity index (χ0) is 23.5. The van der Waals surface area contributed by atoms with Crippen LogP contribution in [0, 0.1) is 5.92 Å². The van der Waals surface area contributed by atoms with Crippen LogP contribution in [0.5, 0.6) is 5.75 Å². The summed E-state index contributed by atoms with van der Waals surface area (Å²) < 4.78 is 6.53. The molecule has 0 saturated carbocycles. The van der Waals surface area contributed by atoms with Crippen molar-refractivity contribution in [2.24, 2.45) is 5.92 Å². The summed E-state index contributed by atoms with van der Waals surface area (Å²) in [5.74, 6) is 0.910. The second-order valence-electron chi connectivity index (χ2n) is 9.95. The van der Waals surface area contributed by atoms with Gasteiger partial charge in [-0.05, 0) is 50.9 Å². The number of likely N-dealkylation sites (tertiary alicyclic amines) is 2. The molecule has 0 aliphatic carbocycles. The van der Waals surface area contributed by atoms with Gasteiger partial charge in [-0.1, -0.05) is 36.4 Å². The Morgan fingerprint density at radius 3 is 2.35 bits per heavy atom. The van der Waals surface area contributed by atoms with Crippen molar-refractivity contribution in [2.45, 2.75) is 43.7 Å². The second kappa shape index (κ2) is 9.66. The quantitative estimate of drug-likeness (QED) is 0.722. The first-order valence-corrected chi connectivity index (χ1v) is 12.4. The first-order valence-electron chi connectivity index (χ1n) is 12.4. The van der Waals surface area contributed by atoms with Gasteiger partial charge in [0.25, 0.3) is 0 Å². The molecule has 1 spiro atoms. The van der Waals surface area contributed by atoms with E-state index in [0.29, 0.717) is 25.9 Å². The normalized spacial score (nSPS) is 22.5. The molecule has 5 rings (SSSR count). The number of nitrogens with one attached hydrogen (secondary N) is 2. The van der Waals surface area contributed by atoms with Crippen LogP contribution in [0.15, 0.2) is 54.6 Å². The molecular formula is C27H34N4O3. The number of nitrogens with zero attached hydrogens (tertiary/aromatic N) is 2. The van der Waals surface area contributed by atoms with Crippen molar-refractivity contribution in [1.29, 1.82) is 0 Å². The summed E-state index contributed by atoms with van der Waals surface area (Å²) in [6.45, 7) is 3.17. The number of hydrogen-bond donors (Lipinski definition) is 2. The average Bonchev–Trinajstić information content (AvgIpc) is 2.87. The number of anilines is 1. The van der Waals surface area contributed by atoms with Gasteiger partial charge in [-0.25, -0.2) is 4.79 Å². The standard InChI is InChI=1S/C27H34N4O3/c1-30-17-13-27(14-18-30)19-23(22-9-5-6-10-24(22)34-27)29-25(32)20-11-15-31(16-12-20)26(33)28-21-7-3-2-4-8-21/h2-10,20,23H,11-19H2,1H3,(H,28,33)(H,29,32)/t23-/m1/s1. The summed E-state index contributed by atoms with van der Waals surface area (Å²) in [5.41, 5.74) is 1.64. The van der Waals surface area contributed by atoms with Gasteiger partial charge in [-0.3, -0.25) is 4.79 Å². The minimum absolute atomic E-state index is 0.0414. The number of rotatable bonds is 3. The lowest BCUT2D eigenvalue weighted by molar-refractivity contribution is -0.127. The predicted molar refractivity (Wildman–Crippen MR) is 132 cm³/mol. The SMILES string of the molecule is CN1CCC2(CC1)C[C@@H](NC(=O)C1CCN(C(=O)Nc3ccccc3)CC1)c1ccccc1O2. The summed E-state index contributed by atoms with van der Waals surface area (Å²) in [6.07, 6.45) is 4.10. The van der Waals surface area contributed by atoms with E-state index in [9.17, 15) is 9.59 Å². The summed E-state index contributed by atoms with van der Waals surface area (Å²) in [5, 5.41) is 6.30. The Morgan fingerprint density at radius 1 is 0.941 bits per heavy atom. The number of amides is 3. The van der Waals surface area contributed by atoms with Crippen LogP contribution in [0.25, 0.3) is 0 Å². The molecule has 0 bridgehead atoms. The smallest absolute Gasteiger partial charge is 0.321 e. The summed E-state index contributed by atoms with van der Waals surface area (Å²) >= 11 is 0. The molecule has 0 unspecified atom stereocenters. The lowest BCUT2D eigenvalue weighted by Crippen LogP contribution is -2.52. The van der Waals surface area contributed by atoms with E-state index in [-0.39, 0.29) is 29.5 Å².